The van der Waals surface area contributed by atoms with Crippen molar-refractivity contribution in [2.24, 2.45) is 11.7 Å². The van der Waals surface area contributed by atoms with Gasteiger partial charge >= 0.3 is 0 Å². The second-order valence-corrected chi connectivity index (χ2v) is 6.76. The summed E-state index contributed by atoms with van der Waals surface area (Å²) in [5, 5.41) is 4.37. The molecule has 6 nitrogen and oxygen atoms in total. The lowest BCUT2D eigenvalue weighted by Gasteiger charge is -2.34. The smallest absolute Gasteiger partial charge is 0.278 e. The van der Waals surface area contributed by atoms with Crippen molar-refractivity contribution in [1.29, 1.82) is 0 Å². The summed E-state index contributed by atoms with van der Waals surface area (Å²) in [6.07, 6.45) is 1.91. The molecule has 0 bridgehead atoms. The van der Waals surface area contributed by atoms with Gasteiger partial charge in [0, 0.05) is 30.9 Å². The Hall–Kier alpha value is -2.18. The van der Waals surface area contributed by atoms with Crippen molar-refractivity contribution in [2.75, 3.05) is 13.1 Å². The summed E-state index contributed by atoms with van der Waals surface area (Å²) >= 11 is 0. The fourth-order valence-corrected chi connectivity index (χ4v) is 3.30. The van der Waals surface area contributed by atoms with Crippen LogP contribution in [0.4, 0.5) is 0 Å². The standard InChI is InChI=1S/C19H24N4O2.ClH/c1-13-11-17(24)18(21-23(13)16-8-4-3-5-9-16)19(25)22-10-6-7-15(12-22)14(2)20;/h3-5,8-9,11,14-15H,6-7,10,12,20H2,1-2H3;1H. The highest BCUT2D eigenvalue weighted by molar-refractivity contribution is 5.92. The SMILES string of the molecule is Cc1cc(=O)c(C(=O)N2CCCC(C(C)N)C2)nn1-c1ccccc1.Cl. The fraction of sp³-hybridized carbons (Fsp3) is 0.421. The summed E-state index contributed by atoms with van der Waals surface area (Å²) < 4.78 is 1.64. The van der Waals surface area contributed by atoms with Crippen LogP contribution in [0.15, 0.2) is 41.2 Å². The second kappa shape index (κ2) is 8.47. The summed E-state index contributed by atoms with van der Waals surface area (Å²) in [7, 11) is 0. The third kappa shape index (κ3) is 4.14. The van der Waals surface area contributed by atoms with Gasteiger partial charge in [-0.15, -0.1) is 12.4 Å². The third-order valence-electron chi connectivity index (χ3n) is 4.80. The number of amides is 1. The fourth-order valence-electron chi connectivity index (χ4n) is 3.30. The molecule has 1 saturated heterocycles. The van der Waals surface area contributed by atoms with Gasteiger partial charge in [0.2, 0.25) is 5.43 Å². The van der Waals surface area contributed by atoms with Crippen LogP contribution in [0.3, 0.4) is 0 Å². The quantitative estimate of drug-likeness (QED) is 0.890. The van der Waals surface area contributed by atoms with Gasteiger partial charge in [-0.25, -0.2) is 4.68 Å². The van der Waals surface area contributed by atoms with Crippen molar-refractivity contribution in [3.63, 3.8) is 0 Å². The molecule has 2 N–H and O–H groups in total. The van der Waals surface area contributed by atoms with Crippen LogP contribution < -0.4 is 11.2 Å². The number of nitrogens with two attached hydrogens (primary N) is 1. The van der Waals surface area contributed by atoms with E-state index in [4.69, 9.17) is 5.73 Å². The van der Waals surface area contributed by atoms with Gasteiger partial charge in [-0.05, 0) is 44.7 Å². The number of aryl methyl sites for hydroxylation is 1. The summed E-state index contributed by atoms with van der Waals surface area (Å²) in [5.41, 5.74) is 7.15. The molecule has 26 heavy (non-hydrogen) atoms. The third-order valence-corrected chi connectivity index (χ3v) is 4.80. The zero-order chi connectivity index (χ0) is 18.0. The van der Waals surface area contributed by atoms with Crippen molar-refractivity contribution >= 4 is 18.3 Å². The molecule has 0 spiro atoms. The first-order valence-electron chi connectivity index (χ1n) is 8.68. The van der Waals surface area contributed by atoms with Crippen molar-refractivity contribution in [2.45, 2.75) is 32.7 Å². The molecule has 1 aliphatic rings. The lowest BCUT2D eigenvalue weighted by atomic mass is 9.92. The molecule has 0 saturated carbocycles. The molecule has 1 aliphatic heterocycles. The Balaban J connectivity index is 0.00000243. The summed E-state index contributed by atoms with van der Waals surface area (Å²) in [6, 6.07) is 11.0. The van der Waals surface area contributed by atoms with Crippen molar-refractivity contribution in [3.05, 3.63) is 58.0 Å². The van der Waals surface area contributed by atoms with Crippen LogP contribution >= 0.6 is 12.4 Å². The monoisotopic (exact) mass is 376 g/mol. The Bertz CT molecular complexity index is 820. The van der Waals surface area contributed by atoms with E-state index in [1.807, 2.05) is 44.2 Å². The van der Waals surface area contributed by atoms with Gasteiger partial charge in [0.05, 0.1) is 5.69 Å². The summed E-state index contributed by atoms with van der Waals surface area (Å²) in [6.45, 7) is 4.99. The predicted molar refractivity (Wildman–Crippen MR) is 104 cm³/mol. The topological polar surface area (TPSA) is 81.2 Å². The van der Waals surface area contributed by atoms with Gasteiger partial charge in [0.15, 0.2) is 5.69 Å². The first-order chi connectivity index (χ1) is 12.0. The van der Waals surface area contributed by atoms with E-state index in [2.05, 4.69) is 5.10 Å². The molecular weight excluding hydrogens is 352 g/mol. The summed E-state index contributed by atoms with van der Waals surface area (Å²) in [5.74, 6) is -0.0421. The number of carbonyl (C=O) groups excluding carboxylic acids is 1. The van der Waals surface area contributed by atoms with Crippen LogP contribution in [-0.4, -0.2) is 39.7 Å². The Morgan fingerprint density at radius 3 is 2.65 bits per heavy atom. The van der Waals surface area contributed by atoms with E-state index in [9.17, 15) is 9.59 Å². The molecule has 0 aliphatic carbocycles. The number of rotatable bonds is 3. The van der Waals surface area contributed by atoms with E-state index in [0.29, 0.717) is 18.8 Å². The molecule has 3 rings (SSSR count). The zero-order valence-corrected chi connectivity index (χ0v) is 15.9. The van der Waals surface area contributed by atoms with Crippen LogP contribution in [-0.2, 0) is 0 Å². The van der Waals surface area contributed by atoms with Crippen molar-refractivity contribution < 1.29 is 4.79 Å². The number of hydrogen-bond donors (Lipinski definition) is 1. The Morgan fingerprint density at radius 2 is 2.00 bits per heavy atom. The van der Waals surface area contributed by atoms with Crippen LogP contribution in [0, 0.1) is 12.8 Å². The second-order valence-electron chi connectivity index (χ2n) is 6.76. The Kier molecular flexibility index (Phi) is 6.56. The van der Waals surface area contributed by atoms with Gasteiger partial charge in [-0.1, -0.05) is 18.2 Å². The highest BCUT2D eigenvalue weighted by Crippen LogP contribution is 2.20. The zero-order valence-electron chi connectivity index (χ0n) is 15.1. The van der Waals surface area contributed by atoms with E-state index >= 15 is 0 Å². The highest BCUT2D eigenvalue weighted by atomic mass is 35.5. The number of hydrogen-bond acceptors (Lipinski definition) is 4. The number of piperidine rings is 1. The number of likely N-dealkylation sites (tertiary alicyclic amines) is 1. The molecule has 1 aromatic heterocycles. The maximum absolute atomic E-state index is 12.9. The normalized spacial score (nSPS) is 18.1. The predicted octanol–water partition coefficient (Wildman–Crippen LogP) is 2.16. The van der Waals surface area contributed by atoms with Crippen molar-refractivity contribution in [3.8, 4) is 5.69 Å². The van der Waals surface area contributed by atoms with Crippen LogP contribution in [0.1, 0.15) is 35.9 Å². The first kappa shape index (κ1) is 20.1. The first-order valence-corrected chi connectivity index (χ1v) is 8.68. The molecule has 2 aromatic rings. The number of nitrogens with zero attached hydrogens (tertiary/aromatic N) is 3. The lowest BCUT2D eigenvalue weighted by Crippen LogP contribution is -2.46. The molecule has 1 fully saturated rings. The molecule has 7 heteroatoms. The summed E-state index contributed by atoms with van der Waals surface area (Å²) in [4.78, 5) is 27.0. The van der Waals surface area contributed by atoms with Crippen molar-refractivity contribution in [1.82, 2.24) is 14.7 Å². The molecule has 140 valence electrons. The number of halogens is 1. The Labute approximate surface area is 159 Å². The number of para-hydroxylation sites is 1. The molecule has 2 unspecified atom stereocenters. The number of benzene rings is 1. The average Bonchev–Trinajstić information content (AvgIpc) is 2.62. The molecule has 2 heterocycles. The lowest BCUT2D eigenvalue weighted by molar-refractivity contribution is 0.0651. The minimum Gasteiger partial charge on any atom is -0.337 e. The van der Waals surface area contributed by atoms with Crippen LogP contribution in [0.5, 0.6) is 0 Å². The highest BCUT2D eigenvalue weighted by Gasteiger charge is 2.28. The molecule has 2 atom stereocenters. The van der Waals surface area contributed by atoms with E-state index in [0.717, 1.165) is 18.5 Å². The molecular formula is C19H25ClN4O2. The van der Waals surface area contributed by atoms with E-state index < -0.39 is 0 Å². The number of aromatic nitrogens is 2. The minimum atomic E-state index is -0.336. The van der Waals surface area contributed by atoms with Crippen LogP contribution in [0.2, 0.25) is 0 Å². The number of carbonyl (C=O) groups is 1. The molecule has 1 amide bonds. The van der Waals surface area contributed by atoms with Gasteiger partial charge in [-0.3, -0.25) is 9.59 Å². The van der Waals surface area contributed by atoms with E-state index in [1.54, 1.807) is 9.58 Å². The van der Waals surface area contributed by atoms with Gasteiger partial charge in [-0.2, -0.15) is 5.10 Å². The molecule has 1 aromatic carbocycles. The maximum atomic E-state index is 12.9. The van der Waals surface area contributed by atoms with E-state index in [-0.39, 0.29) is 41.4 Å². The molecule has 0 radical (unpaired) electrons. The van der Waals surface area contributed by atoms with E-state index in [1.165, 1.54) is 6.07 Å². The van der Waals surface area contributed by atoms with Gasteiger partial charge in [0.1, 0.15) is 0 Å². The Morgan fingerprint density at radius 1 is 1.31 bits per heavy atom. The van der Waals surface area contributed by atoms with Gasteiger partial charge in [0.25, 0.3) is 5.91 Å². The van der Waals surface area contributed by atoms with Crippen LogP contribution in [0.25, 0.3) is 5.69 Å². The maximum Gasteiger partial charge on any atom is 0.278 e. The average molecular weight is 377 g/mol. The minimum absolute atomic E-state index is 0. The largest absolute Gasteiger partial charge is 0.337 e. The van der Waals surface area contributed by atoms with Gasteiger partial charge < -0.3 is 10.6 Å².